The number of aromatic nitrogens is 1. The molecule has 0 aliphatic rings. The number of carbonyl (C=O) groups is 4. The molecule has 3 amide bonds. The van der Waals surface area contributed by atoms with E-state index < -0.39 is 17.8 Å². The summed E-state index contributed by atoms with van der Waals surface area (Å²) in [5.74, 6) is -1.62. The van der Waals surface area contributed by atoms with Crippen LogP contribution in [0.1, 0.15) is 41.7 Å². The molecule has 2 aromatic rings. The standard InChI is InChI=1S/C24H27ClN4O5S/c1-15(21(31)28-16(2)24(33)34-3)27-22(32)19-14-35-23(29-19)18-10-8-17(9-11-18)13-26-20(30)7-5-4-6-12-25/h8-11,14H,1-2,4-7,12-13H2,3H3,(H,26,30)(H,27,32)(H,28,31). The fourth-order valence-electron chi connectivity index (χ4n) is 2.77. The van der Waals surface area contributed by atoms with Crippen molar-refractivity contribution >= 4 is 46.6 Å². The fourth-order valence-corrected chi connectivity index (χ4v) is 3.76. The van der Waals surface area contributed by atoms with E-state index in [0.717, 1.165) is 37.5 Å². The Hall–Kier alpha value is -3.50. The molecule has 0 radical (unpaired) electrons. The quantitative estimate of drug-likeness (QED) is 0.162. The van der Waals surface area contributed by atoms with Crippen molar-refractivity contribution in [3.05, 3.63) is 65.5 Å². The van der Waals surface area contributed by atoms with E-state index in [1.165, 1.54) is 11.3 Å². The first-order chi connectivity index (χ1) is 16.7. The smallest absolute Gasteiger partial charge is 0.353 e. The van der Waals surface area contributed by atoms with Crippen LogP contribution in [0.4, 0.5) is 0 Å². The third-order valence-electron chi connectivity index (χ3n) is 4.70. The third-order valence-corrected chi connectivity index (χ3v) is 5.86. The van der Waals surface area contributed by atoms with E-state index in [0.29, 0.717) is 23.9 Å². The predicted octanol–water partition coefficient (Wildman–Crippen LogP) is 3.27. The number of halogens is 1. The van der Waals surface area contributed by atoms with Crippen molar-refractivity contribution in [2.24, 2.45) is 0 Å². The number of nitrogens with one attached hydrogen (secondary N) is 3. The number of benzene rings is 1. The van der Waals surface area contributed by atoms with Gasteiger partial charge in [-0.15, -0.1) is 22.9 Å². The Morgan fingerprint density at radius 2 is 1.74 bits per heavy atom. The van der Waals surface area contributed by atoms with Gasteiger partial charge in [0.05, 0.1) is 12.8 Å². The number of amides is 3. The van der Waals surface area contributed by atoms with Crippen molar-refractivity contribution in [2.45, 2.75) is 32.2 Å². The second-order valence-electron chi connectivity index (χ2n) is 7.37. The van der Waals surface area contributed by atoms with Crippen LogP contribution in [-0.2, 0) is 25.7 Å². The number of thiazole rings is 1. The molecule has 2 rings (SSSR count). The first-order valence-corrected chi connectivity index (χ1v) is 12.1. The van der Waals surface area contributed by atoms with E-state index >= 15 is 0 Å². The first-order valence-electron chi connectivity index (χ1n) is 10.7. The minimum Gasteiger partial charge on any atom is -0.464 e. The predicted molar refractivity (Wildman–Crippen MR) is 134 cm³/mol. The molecule has 1 aromatic heterocycles. The molecular weight excluding hydrogens is 492 g/mol. The summed E-state index contributed by atoms with van der Waals surface area (Å²) in [6.07, 6.45) is 3.14. The number of nitrogens with zero attached hydrogens (tertiary/aromatic N) is 1. The summed E-state index contributed by atoms with van der Waals surface area (Å²) in [5, 5.41) is 9.58. The van der Waals surface area contributed by atoms with Crippen LogP contribution < -0.4 is 16.0 Å². The van der Waals surface area contributed by atoms with E-state index in [2.05, 4.69) is 38.8 Å². The van der Waals surface area contributed by atoms with Gasteiger partial charge in [-0.25, -0.2) is 9.78 Å². The van der Waals surface area contributed by atoms with Gasteiger partial charge in [0.15, 0.2) is 0 Å². The lowest BCUT2D eigenvalue weighted by molar-refractivity contribution is -0.137. The molecule has 3 N–H and O–H groups in total. The molecule has 0 atom stereocenters. The normalized spacial score (nSPS) is 10.2. The molecule has 0 aliphatic carbocycles. The first kappa shape index (κ1) is 27.7. The van der Waals surface area contributed by atoms with E-state index in [-0.39, 0.29) is 23.0 Å². The summed E-state index contributed by atoms with van der Waals surface area (Å²) in [7, 11) is 1.15. The zero-order chi connectivity index (χ0) is 25.8. The maximum absolute atomic E-state index is 12.4. The molecule has 0 bridgehead atoms. The van der Waals surface area contributed by atoms with Crippen molar-refractivity contribution in [2.75, 3.05) is 13.0 Å². The number of hydrogen-bond donors (Lipinski definition) is 3. The lowest BCUT2D eigenvalue weighted by Crippen LogP contribution is -2.35. The number of ether oxygens (including phenoxy) is 1. The molecule has 0 saturated heterocycles. The number of alkyl halides is 1. The van der Waals surface area contributed by atoms with Gasteiger partial charge >= 0.3 is 5.97 Å². The van der Waals surface area contributed by atoms with Gasteiger partial charge in [0, 0.05) is 29.8 Å². The van der Waals surface area contributed by atoms with Crippen LogP contribution in [0.15, 0.2) is 54.2 Å². The Labute approximate surface area is 212 Å². The highest BCUT2D eigenvalue weighted by molar-refractivity contribution is 7.13. The lowest BCUT2D eigenvalue weighted by Gasteiger charge is -2.09. The summed E-state index contributed by atoms with van der Waals surface area (Å²) < 4.78 is 4.44. The van der Waals surface area contributed by atoms with Crippen LogP contribution in [0.25, 0.3) is 10.6 Å². The van der Waals surface area contributed by atoms with Crippen LogP contribution in [0, 0.1) is 0 Å². The van der Waals surface area contributed by atoms with E-state index in [4.69, 9.17) is 11.6 Å². The van der Waals surface area contributed by atoms with E-state index in [1.54, 1.807) is 5.38 Å². The Morgan fingerprint density at radius 1 is 1.03 bits per heavy atom. The zero-order valence-electron chi connectivity index (χ0n) is 19.3. The highest BCUT2D eigenvalue weighted by atomic mass is 35.5. The topological polar surface area (TPSA) is 126 Å². The van der Waals surface area contributed by atoms with Crippen LogP contribution in [0.3, 0.4) is 0 Å². The highest BCUT2D eigenvalue weighted by Crippen LogP contribution is 2.24. The Bertz CT molecular complexity index is 1100. The average Bonchev–Trinajstić information content (AvgIpc) is 3.35. The number of unbranched alkanes of at least 4 members (excludes halogenated alkanes) is 2. The maximum Gasteiger partial charge on any atom is 0.353 e. The van der Waals surface area contributed by atoms with Gasteiger partial charge < -0.3 is 20.7 Å². The van der Waals surface area contributed by atoms with Crippen LogP contribution >= 0.6 is 22.9 Å². The summed E-state index contributed by atoms with van der Waals surface area (Å²) >= 11 is 6.90. The SMILES string of the molecule is C=C(NC(=O)c1csc(-c2ccc(CNC(=O)CCCCCCl)cc2)n1)C(=O)NC(=C)C(=O)OC. The van der Waals surface area contributed by atoms with Crippen molar-refractivity contribution in [3.8, 4) is 10.6 Å². The average molecular weight is 519 g/mol. The third kappa shape index (κ3) is 8.99. The molecule has 186 valence electrons. The van der Waals surface area contributed by atoms with Crippen LogP contribution in [0.5, 0.6) is 0 Å². The van der Waals surface area contributed by atoms with Crippen molar-refractivity contribution in [1.82, 2.24) is 20.9 Å². The van der Waals surface area contributed by atoms with Gasteiger partial charge in [-0.05, 0) is 18.4 Å². The monoisotopic (exact) mass is 518 g/mol. The largest absolute Gasteiger partial charge is 0.464 e. The molecule has 1 heterocycles. The minimum absolute atomic E-state index is 0.00380. The molecule has 0 spiro atoms. The van der Waals surface area contributed by atoms with Crippen molar-refractivity contribution in [3.63, 3.8) is 0 Å². The van der Waals surface area contributed by atoms with Crippen LogP contribution in [0.2, 0.25) is 0 Å². The Morgan fingerprint density at radius 3 is 2.40 bits per heavy atom. The molecular formula is C24H27ClN4O5S. The number of hydrogen-bond acceptors (Lipinski definition) is 7. The lowest BCUT2D eigenvalue weighted by atomic mass is 10.1. The minimum atomic E-state index is -0.812. The molecule has 0 fully saturated rings. The molecule has 0 aliphatic heterocycles. The van der Waals surface area contributed by atoms with E-state index in [1.807, 2.05) is 24.3 Å². The molecule has 11 heteroatoms. The van der Waals surface area contributed by atoms with Crippen molar-refractivity contribution < 1.29 is 23.9 Å². The van der Waals surface area contributed by atoms with Crippen molar-refractivity contribution in [1.29, 1.82) is 0 Å². The van der Waals surface area contributed by atoms with Gasteiger partial charge in [-0.3, -0.25) is 14.4 Å². The molecule has 0 saturated carbocycles. The highest BCUT2D eigenvalue weighted by Gasteiger charge is 2.18. The molecule has 35 heavy (non-hydrogen) atoms. The summed E-state index contributed by atoms with van der Waals surface area (Å²) in [6.45, 7) is 7.28. The number of rotatable bonds is 13. The second kappa shape index (κ2) is 14.0. The van der Waals surface area contributed by atoms with Gasteiger partial charge in [0.25, 0.3) is 11.8 Å². The maximum atomic E-state index is 12.4. The van der Waals surface area contributed by atoms with E-state index in [9.17, 15) is 19.2 Å². The van der Waals surface area contributed by atoms with Gasteiger partial charge in [0.1, 0.15) is 16.4 Å². The van der Waals surface area contributed by atoms with Gasteiger partial charge in [-0.1, -0.05) is 43.8 Å². The van der Waals surface area contributed by atoms with Gasteiger partial charge in [-0.2, -0.15) is 0 Å². The van der Waals surface area contributed by atoms with Gasteiger partial charge in [0.2, 0.25) is 5.91 Å². The summed E-state index contributed by atoms with van der Waals surface area (Å²) in [4.78, 5) is 52.0. The Balaban J connectivity index is 1.87. The molecule has 9 nitrogen and oxygen atoms in total. The number of carbonyl (C=O) groups excluding carboxylic acids is 4. The number of esters is 1. The van der Waals surface area contributed by atoms with Crippen LogP contribution in [-0.4, -0.2) is 41.7 Å². The number of methoxy groups -OCH3 is 1. The molecule has 1 aromatic carbocycles. The fraction of sp³-hybridized carbons (Fsp3) is 0.292. The molecule has 0 unspecified atom stereocenters. The zero-order valence-corrected chi connectivity index (χ0v) is 20.9. The Kier molecular flexibility index (Phi) is 11.1. The second-order valence-corrected chi connectivity index (χ2v) is 8.60. The summed E-state index contributed by atoms with van der Waals surface area (Å²) in [5.41, 5.74) is 1.29. The summed E-state index contributed by atoms with van der Waals surface area (Å²) in [6, 6.07) is 7.47.